The molecule has 0 saturated heterocycles. The Hall–Kier alpha value is -7.58. The predicted molar refractivity (Wildman–Crippen MR) is 216 cm³/mol. The fourth-order valence-corrected chi connectivity index (χ4v) is 8.31. The zero-order valence-electron chi connectivity index (χ0n) is 28.6. The number of oxazole rings is 1. The molecule has 8 heteroatoms. The van der Waals surface area contributed by atoms with E-state index in [2.05, 4.69) is 141 Å². The van der Waals surface area contributed by atoms with Gasteiger partial charge in [0.25, 0.3) is 5.89 Å². The number of aromatic nitrogens is 7. The Morgan fingerprint density at radius 2 is 0.815 bits per heavy atom. The third kappa shape index (κ3) is 4.02. The van der Waals surface area contributed by atoms with Crippen LogP contribution in [-0.4, -0.2) is 33.6 Å². The highest BCUT2D eigenvalue weighted by atomic mass is 16.3. The van der Waals surface area contributed by atoms with E-state index in [4.69, 9.17) is 24.4 Å². The molecule has 0 aliphatic heterocycles. The SMILES string of the molecule is c1ccc(-n2c3ccccc3c3ccc4c5ccccc5n(-c5nc(-c6nc7ccccc7o6)nc(-n6c7ccccc7c7ccccc76)n5)c4c32)cc1. The Labute approximate surface area is 306 Å². The zero-order chi connectivity index (χ0) is 35.3. The van der Waals surface area contributed by atoms with Crippen molar-refractivity contribution in [3.63, 3.8) is 0 Å². The average molecular weight is 694 g/mol. The predicted octanol–water partition coefficient (Wildman–Crippen LogP) is 11.0. The minimum absolute atomic E-state index is 0.325. The molecule has 0 amide bonds. The summed E-state index contributed by atoms with van der Waals surface area (Å²) in [5, 5.41) is 6.74. The Kier molecular flexibility index (Phi) is 5.90. The van der Waals surface area contributed by atoms with E-state index in [1.165, 1.54) is 5.39 Å². The van der Waals surface area contributed by atoms with Gasteiger partial charge in [-0.05, 0) is 48.5 Å². The lowest BCUT2D eigenvalue weighted by Crippen LogP contribution is -2.10. The maximum atomic E-state index is 6.35. The van der Waals surface area contributed by atoms with Gasteiger partial charge in [-0.15, -0.1) is 0 Å². The fraction of sp³-hybridized carbons (Fsp3) is 0. The summed E-state index contributed by atoms with van der Waals surface area (Å²) in [6.07, 6.45) is 0. The summed E-state index contributed by atoms with van der Waals surface area (Å²) in [6.45, 7) is 0. The molecule has 0 fully saturated rings. The number of hydrogen-bond donors (Lipinski definition) is 0. The highest BCUT2D eigenvalue weighted by Gasteiger charge is 2.25. The molecule has 8 nitrogen and oxygen atoms in total. The fourth-order valence-electron chi connectivity index (χ4n) is 8.31. The lowest BCUT2D eigenvalue weighted by atomic mass is 10.1. The van der Waals surface area contributed by atoms with Crippen LogP contribution >= 0.6 is 0 Å². The lowest BCUT2D eigenvalue weighted by Gasteiger charge is -2.13. The molecule has 0 spiro atoms. The maximum Gasteiger partial charge on any atom is 0.266 e. The average Bonchev–Trinajstić information content (AvgIpc) is 3.99. The van der Waals surface area contributed by atoms with E-state index in [0.717, 1.165) is 71.2 Å². The molecule has 0 aliphatic carbocycles. The van der Waals surface area contributed by atoms with Gasteiger partial charge < -0.3 is 8.98 Å². The van der Waals surface area contributed by atoms with E-state index in [1.807, 2.05) is 36.4 Å². The third-order valence-corrected chi connectivity index (χ3v) is 10.6. The standard InChI is InChI=1S/C46H27N7O/c1-2-14-28(15-3-1)51-36-21-9-6-18-31(36)33-26-27-34-32-19-7-12-24-39(32)53(42(34)41(33)51)46-49-43(44-47-35-20-8-13-25-40(35)54-44)48-45(50-46)52-37-22-10-4-16-29(37)30-17-5-11-23-38(30)52/h1-27H. The van der Waals surface area contributed by atoms with Crippen LogP contribution in [0.3, 0.4) is 0 Å². The molecular weight excluding hydrogens is 667 g/mol. The van der Waals surface area contributed by atoms with Crippen molar-refractivity contribution in [2.75, 3.05) is 0 Å². The first-order valence-corrected chi connectivity index (χ1v) is 17.9. The number of para-hydroxylation sites is 7. The van der Waals surface area contributed by atoms with Crippen LogP contribution in [0.5, 0.6) is 0 Å². The van der Waals surface area contributed by atoms with Crippen molar-refractivity contribution in [1.82, 2.24) is 33.6 Å². The Balaban J connectivity index is 1.26. The number of fused-ring (bicyclic) bond motifs is 11. The van der Waals surface area contributed by atoms with Gasteiger partial charge >= 0.3 is 0 Å². The summed E-state index contributed by atoms with van der Waals surface area (Å²) in [4.78, 5) is 20.6. The molecule has 0 saturated carbocycles. The van der Waals surface area contributed by atoms with Gasteiger partial charge in [0.1, 0.15) is 5.52 Å². The quantitative estimate of drug-likeness (QED) is 0.183. The summed E-state index contributed by atoms with van der Waals surface area (Å²) in [5.74, 6) is 1.60. The molecule has 5 aromatic heterocycles. The van der Waals surface area contributed by atoms with Gasteiger partial charge in [-0.3, -0.25) is 9.13 Å². The Bertz CT molecular complexity index is 3370. The van der Waals surface area contributed by atoms with E-state index < -0.39 is 0 Å². The number of hydrogen-bond acceptors (Lipinski definition) is 5. The van der Waals surface area contributed by atoms with Crippen LogP contribution in [-0.2, 0) is 0 Å². The van der Waals surface area contributed by atoms with Crippen LogP contribution in [0.2, 0.25) is 0 Å². The van der Waals surface area contributed by atoms with Crippen molar-refractivity contribution < 1.29 is 4.42 Å². The van der Waals surface area contributed by atoms with E-state index in [0.29, 0.717) is 29.2 Å². The van der Waals surface area contributed by atoms with Gasteiger partial charge in [0, 0.05) is 38.0 Å². The van der Waals surface area contributed by atoms with Gasteiger partial charge in [-0.1, -0.05) is 115 Å². The lowest BCUT2D eigenvalue weighted by molar-refractivity contribution is 0.611. The van der Waals surface area contributed by atoms with Gasteiger partial charge in [0.2, 0.25) is 17.7 Å². The van der Waals surface area contributed by atoms with E-state index >= 15 is 0 Å². The smallest absolute Gasteiger partial charge is 0.266 e. The second-order valence-electron chi connectivity index (χ2n) is 13.5. The second kappa shape index (κ2) is 11.0. The minimum Gasteiger partial charge on any atom is -0.434 e. The van der Waals surface area contributed by atoms with E-state index in [9.17, 15) is 0 Å². The van der Waals surface area contributed by atoms with Crippen molar-refractivity contribution in [3.05, 3.63) is 164 Å². The molecule has 5 heterocycles. The minimum atomic E-state index is 0.325. The van der Waals surface area contributed by atoms with Crippen LogP contribution in [0.4, 0.5) is 0 Å². The van der Waals surface area contributed by atoms with Crippen LogP contribution < -0.4 is 0 Å². The molecule has 0 aliphatic rings. The van der Waals surface area contributed by atoms with Crippen LogP contribution in [0.1, 0.15) is 0 Å². The summed E-state index contributed by atoms with van der Waals surface area (Å²) in [6, 6.07) is 56.6. The molecule has 0 bridgehead atoms. The Morgan fingerprint density at radius 3 is 1.43 bits per heavy atom. The first kappa shape index (κ1) is 29.0. The van der Waals surface area contributed by atoms with E-state index in [-0.39, 0.29) is 0 Å². The van der Waals surface area contributed by atoms with Crippen molar-refractivity contribution in [3.8, 4) is 29.3 Å². The summed E-state index contributed by atoms with van der Waals surface area (Å²) in [7, 11) is 0. The molecule has 54 heavy (non-hydrogen) atoms. The summed E-state index contributed by atoms with van der Waals surface area (Å²) >= 11 is 0. The first-order chi connectivity index (χ1) is 26.8. The highest BCUT2D eigenvalue weighted by Crippen LogP contribution is 2.41. The summed E-state index contributed by atoms with van der Waals surface area (Å²) < 4.78 is 13.0. The molecule has 12 rings (SSSR count). The highest BCUT2D eigenvalue weighted by molar-refractivity contribution is 6.23. The van der Waals surface area contributed by atoms with Crippen molar-refractivity contribution in [2.24, 2.45) is 0 Å². The van der Waals surface area contributed by atoms with Gasteiger partial charge in [0.05, 0.1) is 33.1 Å². The van der Waals surface area contributed by atoms with Crippen molar-refractivity contribution in [1.29, 1.82) is 0 Å². The van der Waals surface area contributed by atoms with Crippen LogP contribution in [0, 0.1) is 0 Å². The number of benzene rings is 7. The molecule has 0 unspecified atom stereocenters. The largest absolute Gasteiger partial charge is 0.434 e. The van der Waals surface area contributed by atoms with Crippen molar-refractivity contribution in [2.45, 2.75) is 0 Å². The Morgan fingerprint density at radius 1 is 0.352 bits per heavy atom. The molecule has 0 atom stereocenters. The monoisotopic (exact) mass is 693 g/mol. The van der Waals surface area contributed by atoms with Gasteiger partial charge in [0.15, 0.2) is 5.58 Å². The summed E-state index contributed by atoms with van der Waals surface area (Å²) in [5.41, 5.74) is 8.63. The molecule has 0 radical (unpaired) electrons. The van der Waals surface area contributed by atoms with E-state index in [1.54, 1.807) is 0 Å². The first-order valence-electron chi connectivity index (χ1n) is 17.9. The number of nitrogens with zero attached hydrogens (tertiary/aromatic N) is 7. The third-order valence-electron chi connectivity index (χ3n) is 10.6. The van der Waals surface area contributed by atoms with Gasteiger partial charge in [-0.25, -0.2) is 4.98 Å². The maximum absolute atomic E-state index is 6.35. The molecule has 7 aromatic carbocycles. The van der Waals surface area contributed by atoms with Crippen molar-refractivity contribution >= 4 is 76.5 Å². The zero-order valence-corrected chi connectivity index (χ0v) is 28.6. The normalized spacial score (nSPS) is 12.1. The van der Waals surface area contributed by atoms with Crippen LogP contribution in [0.25, 0.3) is 106 Å². The molecule has 0 N–H and O–H groups in total. The molecule has 12 aromatic rings. The molecular formula is C46H27N7O. The topological polar surface area (TPSA) is 79.5 Å². The van der Waals surface area contributed by atoms with Crippen LogP contribution in [0.15, 0.2) is 168 Å². The second-order valence-corrected chi connectivity index (χ2v) is 13.5. The molecule has 252 valence electrons. The number of rotatable bonds is 4. The van der Waals surface area contributed by atoms with Gasteiger partial charge in [-0.2, -0.15) is 15.0 Å².